The summed E-state index contributed by atoms with van der Waals surface area (Å²) in [5.74, 6) is -0.237. The predicted molar refractivity (Wildman–Crippen MR) is 159 cm³/mol. The van der Waals surface area contributed by atoms with E-state index in [1.807, 2.05) is 48.3 Å². The van der Waals surface area contributed by atoms with Gasteiger partial charge in [0.2, 0.25) is 5.13 Å². The molecule has 0 bridgehead atoms. The highest BCUT2D eigenvalue weighted by Gasteiger charge is 2.54. The van der Waals surface area contributed by atoms with E-state index in [9.17, 15) is 0 Å². The molecule has 0 aliphatic carbocycles. The highest BCUT2D eigenvalue weighted by atomic mass is 35.5. The van der Waals surface area contributed by atoms with Crippen molar-refractivity contribution in [1.82, 2.24) is 10.2 Å². The summed E-state index contributed by atoms with van der Waals surface area (Å²) in [6.07, 6.45) is 0.600. The molecule has 0 amide bonds. The molecule has 3 aromatic carbocycles. The lowest BCUT2D eigenvalue weighted by Crippen LogP contribution is -2.44. The van der Waals surface area contributed by atoms with Crippen LogP contribution in [-0.2, 0) is 4.87 Å². The molecule has 1 aliphatic rings. The minimum atomic E-state index is -0.831. The predicted octanol–water partition coefficient (Wildman–Crippen LogP) is 8.36. The van der Waals surface area contributed by atoms with Crippen LogP contribution in [0.2, 0.25) is 20.1 Å². The van der Waals surface area contributed by atoms with E-state index in [1.165, 1.54) is 11.3 Å². The van der Waals surface area contributed by atoms with Crippen LogP contribution >= 0.6 is 69.5 Å². The zero-order chi connectivity index (χ0) is 26.2. The number of thioether (sulfide) groups is 1. The summed E-state index contributed by atoms with van der Waals surface area (Å²) < 4.78 is 0. The van der Waals surface area contributed by atoms with Crippen LogP contribution in [0.15, 0.2) is 71.8 Å². The molecule has 0 saturated carbocycles. The molecule has 2 N–H and O–H groups in total. The molecule has 37 heavy (non-hydrogen) atoms. The molecule has 2 heterocycles. The number of rotatable bonds is 7. The van der Waals surface area contributed by atoms with Gasteiger partial charge in [-0.25, -0.2) is 5.01 Å². The lowest BCUT2D eigenvalue weighted by atomic mass is 9.83. The number of nitrogens with two attached hydrogens (primary N) is 1. The number of nitrogens with zero attached hydrogens (tertiary/aromatic N) is 4. The van der Waals surface area contributed by atoms with E-state index in [2.05, 4.69) is 22.3 Å². The maximum atomic E-state index is 6.82. The molecule has 2 atom stereocenters. The SMILES string of the molecule is Cc1nnc(N2N=C(c3cc(Cl)ccc3Cl)SC2(c2ccccc2)C(CCN)c2cc(Cl)ccc2Cl)s1. The number of halogens is 4. The fourth-order valence-electron chi connectivity index (χ4n) is 4.49. The molecular weight excluding hydrogens is 588 g/mol. The smallest absolute Gasteiger partial charge is 0.230 e. The number of anilines is 1. The molecule has 0 spiro atoms. The Morgan fingerprint density at radius 1 is 0.919 bits per heavy atom. The van der Waals surface area contributed by atoms with Crippen LogP contribution < -0.4 is 10.7 Å². The third kappa shape index (κ3) is 5.11. The van der Waals surface area contributed by atoms with Gasteiger partial charge in [0.15, 0.2) is 0 Å². The number of hydrogen-bond donors (Lipinski definition) is 1. The van der Waals surface area contributed by atoms with E-state index < -0.39 is 4.87 Å². The standard InChI is InChI=1S/C26H21Cl4N5S2/c1-15-32-33-25(36-15)35-26(16-5-3-2-4-6-16,21(11-12-31)19-13-17(27)7-9-22(19)29)37-24(34-35)20-14-18(28)8-10-23(20)30/h2-10,13-14,21H,11-12,31H2,1H3. The molecule has 4 aromatic rings. The van der Waals surface area contributed by atoms with Gasteiger partial charge in [-0.15, -0.1) is 10.2 Å². The first-order valence-corrected chi connectivity index (χ1v) is 14.5. The Balaban J connectivity index is 1.81. The Kier molecular flexibility index (Phi) is 8.03. The average Bonchev–Trinajstić information content (AvgIpc) is 3.50. The van der Waals surface area contributed by atoms with Crippen LogP contribution in [0.4, 0.5) is 5.13 Å². The van der Waals surface area contributed by atoms with Crippen LogP contribution in [0.25, 0.3) is 0 Å². The molecule has 1 aliphatic heterocycles. The van der Waals surface area contributed by atoms with Gasteiger partial charge in [0.1, 0.15) is 14.9 Å². The minimum Gasteiger partial charge on any atom is -0.330 e. The summed E-state index contributed by atoms with van der Waals surface area (Å²) >= 11 is 29.4. The third-order valence-electron chi connectivity index (χ3n) is 6.06. The number of aromatic nitrogens is 2. The second-order valence-electron chi connectivity index (χ2n) is 8.41. The van der Waals surface area contributed by atoms with E-state index in [4.69, 9.17) is 57.2 Å². The molecule has 1 aromatic heterocycles. The summed E-state index contributed by atoms with van der Waals surface area (Å²) in [4.78, 5) is -0.831. The van der Waals surface area contributed by atoms with Gasteiger partial charge in [-0.05, 0) is 67.4 Å². The highest BCUT2D eigenvalue weighted by molar-refractivity contribution is 8.15. The van der Waals surface area contributed by atoms with Crippen LogP contribution in [0.1, 0.15) is 34.0 Å². The normalized spacial score (nSPS) is 18.2. The van der Waals surface area contributed by atoms with Gasteiger partial charge in [0, 0.05) is 26.5 Å². The zero-order valence-corrected chi connectivity index (χ0v) is 24.2. The van der Waals surface area contributed by atoms with Gasteiger partial charge in [-0.3, -0.25) is 0 Å². The first-order valence-electron chi connectivity index (χ1n) is 11.4. The first kappa shape index (κ1) is 26.8. The summed E-state index contributed by atoms with van der Waals surface area (Å²) in [6.45, 7) is 2.33. The van der Waals surface area contributed by atoms with Crippen molar-refractivity contribution < 1.29 is 0 Å². The summed E-state index contributed by atoms with van der Waals surface area (Å²) in [6, 6.07) is 21.0. The first-order chi connectivity index (χ1) is 17.8. The summed E-state index contributed by atoms with van der Waals surface area (Å²) in [5.41, 5.74) is 8.83. The molecule has 5 rings (SSSR count). The molecule has 0 fully saturated rings. The Hall–Kier alpha value is -1.84. The molecule has 0 radical (unpaired) electrons. The van der Waals surface area contributed by atoms with Crippen molar-refractivity contribution in [2.45, 2.75) is 24.1 Å². The lowest BCUT2D eigenvalue weighted by molar-refractivity contribution is 0.451. The zero-order valence-electron chi connectivity index (χ0n) is 19.5. The van der Waals surface area contributed by atoms with Crippen LogP contribution in [0, 0.1) is 6.92 Å². The van der Waals surface area contributed by atoms with Crippen molar-refractivity contribution in [2.75, 3.05) is 11.6 Å². The highest BCUT2D eigenvalue weighted by Crippen LogP contribution is 2.59. The van der Waals surface area contributed by atoms with Crippen molar-refractivity contribution in [3.63, 3.8) is 0 Å². The Labute approximate surface area is 243 Å². The summed E-state index contributed by atoms with van der Waals surface area (Å²) in [7, 11) is 0. The van der Waals surface area contributed by atoms with Crippen molar-refractivity contribution >= 4 is 79.7 Å². The largest absolute Gasteiger partial charge is 0.330 e. The fourth-order valence-corrected chi connectivity index (χ4v) is 7.66. The Bertz CT molecular complexity index is 1460. The van der Waals surface area contributed by atoms with Gasteiger partial charge in [-0.2, -0.15) is 5.10 Å². The van der Waals surface area contributed by atoms with Crippen LogP contribution in [-0.4, -0.2) is 21.8 Å². The van der Waals surface area contributed by atoms with Crippen molar-refractivity contribution in [3.05, 3.63) is 109 Å². The molecule has 190 valence electrons. The van der Waals surface area contributed by atoms with Crippen molar-refractivity contribution in [2.24, 2.45) is 10.8 Å². The third-order valence-corrected chi connectivity index (χ3v) is 9.52. The van der Waals surface area contributed by atoms with E-state index in [1.54, 1.807) is 30.0 Å². The van der Waals surface area contributed by atoms with Gasteiger partial charge in [0.25, 0.3) is 0 Å². The second-order valence-corrected chi connectivity index (χ2v) is 12.5. The maximum absolute atomic E-state index is 6.82. The number of hydrazone groups is 1. The van der Waals surface area contributed by atoms with Gasteiger partial charge in [-0.1, -0.05) is 99.8 Å². The van der Waals surface area contributed by atoms with E-state index in [-0.39, 0.29) is 5.92 Å². The molecule has 0 saturated heterocycles. The molecular formula is C26H21Cl4N5S2. The van der Waals surface area contributed by atoms with E-state index >= 15 is 0 Å². The lowest BCUT2D eigenvalue weighted by Gasteiger charge is -2.42. The van der Waals surface area contributed by atoms with Gasteiger partial charge in [0.05, 0.1) is 5.02 Å². The second kappa shape index (κ2) is 11.1. The quantitative estimate of drug-likeness (QED) is 0.228. The van der Waals surface area contributed by atoms with E-state index in [0.29, 0.717) is 43.2 Å². The maximum Gasteiger partial charge on any atom is 0.230 e. The van der Waals surface area contributed by atoms with E-state index in [0.717, 1.165) is 21.7 Å². The average molecular weight is 609 g/mol. The Morgan fingerprint density at radius 2 is 1.62 bits per heavy atom. The minimum absolute atomic E-state index is 0.237. The number of benzene rings is 3. The molecule has 11 heteroatoms. The summed E-state index contributed by atoms with van der Waals surface area (Å²) in [5, 5.41) is 20.3. The van der Waals surface area contributed by atoms with Crippen LogP contribution in [0.5, 0.6) is 0 Å². The number of aryl methyl sites for hydroxylation is 1. The number of hydrogen-bond acceptors (Lipinski definition) is 7. The van der Waals surface area contributed by atoms with Gasteiger partial charge < -0.3 is 5.73 Å². The Morgan fingerprint density at radius 3 is 2.30 bits per heavy atom. The van der Waals surface area contributed by atoms with Crippen molar-refractivity contribution in [1.29, 1.82) is 0 Å². The van der Waals surface area contributed by atoms with Crippen molar-refractivity contribution in [3.8, 4) is 0 Å². The van der Waals surface area contributed by atoms with Crippen LogP contribution in [0.3, 0.4) is 0 Å². The van der Waals surface area contributed by atoms with Gasteiger partial charge >= 0.3 is 0 Å². The molecule has 5 nitrogen and oxygen atoms in total. The monoisotopic (exact) mass is 607 g/mol. The molecule has 2 unspecified atom stereocenters. The topological polar surface area (TPSA) is 67.4 Å². The fraction of sp³-hybridized carbons (Fsp3) is 0.192.